The van der Waals surface area contributed by atoms with E-state index >= 15 is 0 Å². The molecule has 4 atom stereocenters. The minimum Gasteiger partial charge on any atom is -0.325 e. The minimum atomic E-state index is -3.44. The van der Waals surface area contributed by atoms with Gasteiger partial charge in [-0.1, -0.05) is 0 Å². The summed E-state index contributed by atoms with van der Waals surface area (Å²) in [6, 6.07) is 3.43. The maximum Gasteiger partial charge on any atom is 0.242 e. The number of rotatable bonds is 4. The molecule has 1 heterocycles. The molecule has 108 valence electrons. The number of fused-ring (bicyclic) bond motifs is 5. The normalized spacial score (nSPS) is 38.0. The SMILES string of the molecule is NCc1ccc(S(=O)(=O)NC2C3C4CCC(C4)C23)cn1. The van der Waals surface area contributed by atoms with Crippen LogP contribution >= 0.6 is 0 Å². The molecule has 3 N–H and O–H groups in total. The second-order valence-electron chi connectivity index (χ2n) is 6.32. The van der Waals surface area contributed by atoms with Crippen molar-refractivity contribution < 1.29 is 8.42 Å². The lowest BCUT2D eigenvalue weighted by Gasteiger charge is -2.11. The third-order valence-electron chi connectivity index (χ3n) is 5.34. The van der Waals surface area contributed by atoms with Crippen LogP contribution in [0.15, 0.2) is 23.2 Å². The molecule has 1 aromatic heterocycles. The molecule has 4 unspecified atom stereocenters. The van der Waals surface area contributed by atoms with Gasteiger partial charge in [0.2, 0.25) is 10.0 Å². The molecule has 3 saturated carbocycles. The van der Waals surface area contributed by atoms with Gasteiger partial charge in [0.1, 0.15) is 4.90 Å². The Bertz CT molecular complexity index is 612. The van der Waals surface area contributed by atoms with Crippen LogP contribution in [0.25, 0.3) is 0 Å². The molecule has 3 aliphatic carbocycles. The Hall–Kier alpha value is -0.980. The molecule has 1 aromatic rings. The van der Waals surface area contributed by atoms with E-state index in [1.807, 2.05) is 0 Å². The standard InChI is InChI=1S/C14H19N3O2S/c15-6-10-3-4-11(7-16-10)20(18,19)17-14-12-8-1-2-9(5-8)13(12)14/h3-4,7-9,12-14,17H,1-2,5-6,15H2. The van der Waals surface area contributed by atoms with Crippen LogP contribution in [-0.2, 0) is 16.6 Å². The summed E-state index contributed by atoms with van der Waals surface area (Å²) in [6.45, 7) is 0.323. The average Bonchev–Trinajstić information content (AvgIpc) is 2.86. The molecule has 6 heteroatoms. The molecule has 4 rings (SSSR count). The molecule has 0 amide bonds. The Morgan fingerprint density at radius 2 is 1.95 bits per heavy atom. The molecule has 0 aromatic carbocycles. The summed E-state index contributed by atoms with van der Waals surface area (Å²) >= 11 is 0. The van der Waals surface area contributed by atoms with Gasteiger partial charge < -0.3 is 5.73 Å². The van der Waals surface area contributed by atoms with Crippen molar-refractivity contribution in [3.63, 3.8) is 0 Å². The largest absolute Gasteiger partial charge is 0.325 e. The molecule has 20 heavy (non-hydrogen) atoms. The summed E-state index contributed by atoms with van der Waals surface area (Å²) in [5.74, 6) is 2.71. The lowest BCUT2D eigenvalue weighted by molar-refractivity contribution is 0.456. The first-order valence-electron chi connectivity index (χ1n) is 7.27. The third-order valence-corrected chi connectivity index (χ3v) is 6.79. The van der Waals surface area contributed by atoms with Crippen molar-refractivity contribution in [2.45, 2.75) is 36.7 Å². The van der Waals surface area contributed by atoms with Gasteiger partial charge in [-0.2, -0.15) is 0 Å². The zero-order valence-electron chi connectivity index (χ0n) is 11.2. The van der Waals surface area contributed by atoms with Gasteiger partial charge in [0, 0.05) is 18.8 Å². The summed E-state index contributed by atoms with van der Waals surface area (Å²) < 4.78 is 27.6. The lowest BCUT2D eigenvalue weighted by Crippen LogP contribution is -2.30. The second-order valence-corrected chi connectivity index (χ2v) is 8.04. The number of pyridine rings is 1. The van der Waals surface area contributed by atoms with E-state index in [1.165, 1.54) is 25.5 Å². The van der Waals surface area contributed by atoms with Crippen LogP contribution in [0.2, 0.25) is 0 Å². The molecular weight excluding hydrogens is 274 g/mol. The monoisotopic (exact) mass is 293 g/mol. The van der Waals surface area contributed by atoms with Gasteiger partial charge in [-0.3, -0.25) is 4.98 Å². The quantitative estimate of drug-likeness (QED) is 0.862. The Labute approximate surface area is 119 Å². The van der Waals surface area contributed by atoms with Crippen LogP contribution in [0.5, 0.6) is 0 Å². The Morgan fingerprint density at radius 3 is 2.50 bits per heavy atom. The van der Waals surface area contributed by atoms with E-state index in [-0.39, 0.29) is 10.9 Å². The molecular formula is C14H19N3O2S. The van der Waals surface area contributed by atoms with Gasteiger partial charge in [0.05, 0.1) is 5.69 Å². The summed E-state index contributed by atoms with van der Waals surface area (Å²) in [5.41, 5.74) is 6.17. The summed E-state index contributed by atoms with van der Waals surface area (Å²) in [5, 5.41) is 0. The highest BCUT2D eigenvalue weighted by molar-refractivity contribution is 7.89. The van der Waals surface area contributed by atoms with Crippen molar-refractivity contribution in [3.05, 3.63) is 24.0 Å². The van der Waals surface area contributed by atoms with E-state index in [0.29, 0.717) is 24.1 Å². The summed E-state index contributed by atoms with van der Waals surface area (Å²) in [4.78, 5) is 4.30. The van der Waals surface area contributed by atoms with Gasteiger partial charge in [-0.25, -0.2) is 13.1 Å². The lowest BCUT2D eigenvalue weighted by atomic mass is 10.0. The Kier molecular flexibility index (Phi) is 2.71. The predicted molar refractivity (Wildman–Crippen MR) is 74.0 cm³/mol. The number of hydrogen-bond acceptors (Lipinski definition) is 4. The number of nitrogens with one attached hydrogen (secondary N) is 1. The van der Waals surface area contributed by atoms with Gasteiger partial charge >= 0.3 is 0 Å². The van der Waals surface area contributed by atoms with Crippen LogP contribution in [0.3, 0.4) is 0 Å². The van der Waals surface area contributed by atoms with E-state index < -0.39 is 10.0 Å². The maximum atomic E-state index is 12.4. The fourth-order valence-electron chi connectivity index (χ4n) is 4.42. The van der Waals surface area contributed by atoms with Crippen LogP contribution in [0, 0.1) is 23.7 Å². The van der Waals surface area contributed by atoms with Crippen molar-refractivity contribution >= 4 is 10.0 Å². The number of nitrogens with zero attached hydrogens (tertiary/aromatic N) is 1. The first-order chi connectivity index (χ1) is 9.60. The van der Waals surface area contributed by atoms with Crippen molar-refractivity contribution in [1.82, 2.24) is 9.71 Å². The fourth-order valence-corrected chi connectivity index (χ4v) is 5.67. The van der Waals surface area contributed by atoms with Crippen LogP contribution in [0.4, 0.5) is 0 Å². The fraction of sp³-hybridized carbons (Fsp3) is 0.643. The zero-order valence-corrected chi connectivity index (χ0v) is 12.0. The molecule has 0 spiro atoms. The highest BCUT2D eigenvalue weighted by Crippen LogP contribution is 2.65. The van der Waals surface area contributed by atoms with Crippen LogP contribution < -0.4 is 10.5 Å². The van der Waals surface area contributed by atoms with Gasteiger partial charge in [-0.15, -0.1) is 0 Å². The highest BCUT2D eigenvalue weighted by atomic mass is 32.2. The van der Waals surface area contributed by atoms with Crippen LogP contribution in [-0.4, -0.2) is 19.4 Å². The van der Waals surface area contributed by atoms with Crippen molar-refractivity contribution in [2.24, 2.45) is 29.4 Å². The van der Waals surface area contributed by atoms with Gasteiger partial charge in [0.15, 0.2) is 0 Å². The van der Waals surface area contributed by atoms with E-state index in [0.717, 1.165) is 11.8 Å². The smallest absolute Gasteiger partial charge is 0.242 e. The topological polar surface area (TPSA) is 85.1 Å². The van der Waals surface area contributed by atoms with Crippen LogP contribution in [0.1, 0.15) is 25.0 Å². The Balaban J connectivity index is 1.50. The van der Waals surface area contributed by atoms with Crippen molar-refractivity contribution in [3.8, 4) is 0 Å². The van der Waals surface area contributed by atoms with E-state index in [1.54, 1.807) is 12.1 Å². The van der Waals surface area contributed by atoms with Crippen molar-refractivity contribution in [1.29, 1.82) is 0 Å². The van der Waals surface area contributed by atoms with E-state index in [4.69, 9.17) is 5.73 Å². The molecule has 3 aliphatic rings. The molecule has 2 bridgehead atoms. The zero-order chi connectivity index (χ0) is 13.9. The minimum absolute atomic E-state index is 0.167. The number of hydrogen-bond donors (Lipinski definition) is 2. The number of sulfonamides is 1. The van der Waals surface area contributed by atoms with E-state index in [9.17, 15) is 8.42 Å². The molecule has 5 nitrogen and oxygen atoms in total. The molecule has 3 fully saturated rings. The number of nitrogens with two attached hydrogens (primary N) is 1. The summed E-state index contributed by atoms with van der Waals surface area (Å²) in [6.07, 6.45) is 5.30. The Morgan fingerprint density at radius 1 is 1.25 bits per heavy atom. The average molecular weight is 293 g/mol. The maximum absolute atomic E-state index is 12.4. The van der Waals surface area contributed by atoms with E-state index in [2.05, 4.69) is 9.71 Å². The third kappa shape index (κ3) is 1.82. The van der Waals surface area contributed by atoms with Gasteiger partial charge in [-0.05, 0) is 55.1 Å². The first kappa shape index (κ1) is 12.7. The second kappa shape index (κ2) is 4.26. The van der Waals surface area contributed by atoms with Crippen molar-refractivity contribution in [2.75, 3.05) is 0 Å². The summed E-state index contributed by atoms with van der Waals surface area (Å²) in [7, 11) is -3.44. The first-order valence-corrected chi connectivity index (χ1v) is 8.76. The highest BCUT2D eigenvalue weighted by Gasteiger charge is 2.65. The van der Waals surface area contributed by atoms with Gasteiger partial charge in [0.25, 0.3) is 0 Å². The molecule has 0 aliphatic heterocycles. The predicted octanol–water partition coefficient (Wildman–Crippen LogP) is 0.863. The number of aromatic nitrogens is 1. The molecule has 0 radical (unpaired) electrons. The molecule has 0 saturated heterocycles.